The molecule has 4 heteroatoms. The first kappa shape index (κ1) is 7.43. The maximum Gasteiger partial charge on any atom is 0.279 e. The third-order valence-electron chi connectivity index (χ3n) is 2.81. The molecule has 2 rings (SSSR count). The standard InChI is InChI=1S/C7H12F2N2/c1-11-3-2-6(5-11)7(8,9)4-10-6/h10H,2-5H2,1H3. The number of alkyl halides is 2. The van der Waals surface area contributed by atoms with Gasteiger partial charge in [0.05, 0.1) is 12.1 Å². The zero-order chi connectivity index (χ0) is 8.11. The van der Waals surface area contributed by atoms with Crippen LogP contribution in [0, 0.1) is 0 Å². The second-order valence-electron chi connectivity index (χ2n) is 3.63. The number of hydrogen-bond donors (Lipinski definition) is 1. The molecule has 1 spiro atoms. The molecule has 0 amide bonds. The van der Waals surface area contributed by atoms with Gasteiger partial charge in [-0.05, 0) is 20.0 Å². The van der Waals surface area contributed by atoms with Crippen LogP contribution in [0.5, 0.6) is 0 Å². The minimum atomic E-state index is -2.47. The van der Waals surface area contributed by atoms with Crippen molar-refractivity contribution in [3.05, 3.63) is 0 Å². The lowest BCUT2D eigenvalue weighted by Crippen LogP contribution is -2.74. The molecule has 1 atom stereocenters. The first-order chi connectivity index (χ1) is 5.06. The summed E-state index contributed by atoms with van der Waals surface area (Å²) in [6, 6.07) is 0. The van der Waals surface area contributed by atoms with Crippen LogP contribution >= 0.6 is 0 Å². The molecule has 2 aliphatic rings. The summed E-state index contributed by atoms with van der Waals surface area (Å²) in [5.74, 6) is -2.47. The molecule has 2 saturated heterocycles. The molecule has 0 aromatic heterocycles. The van der Waals surface area contributed by atoms with E-state index in [1.807, 2.05) is 11.9 Å². The van der Waals surface area contributed by atoms with Crippen LogP contribution in [0.2, 0.25) is 0 Å². The molecule has 0 aromatic rings. The van der Waals surface area contributed by atoms with Crippen LogP contribution in [-0.4, -0.2) is 43.0 Å². The summed E-state index contributed by atoms with van der Waals surface area (Å²) in [5, 5.41) is 2.85. The van der Waals surface area contributed by atoms with E-state index in [4.69, 9.17) is 0 Å². The van der Waals surface area contributed by atoms with Crippen molar-refractivity contribution >= 4 is 0 Å². The van der Waals surface area contributed by atoms with Gasteiger partial charge in [0.25, 0.3) is 5.92 Å². The molecule has 11 heavy (non-hydrogen) atoms. The molecule has 0 saturated carbocycles. The number of hydrogen-bond acceptors (Lipinski definition) is 2. The van der Waals surface area contributed by atoms with Gasteiger partial charge in [0, 0.05) is 6.54 Å². The third kappa shape index (κ3) is 0.825. The van der Waals surface area contributed by atoms with Gasteiger partial charge in [-0.2, -0.15) is 0 Å². The Morgan fingerprint density at radius 2 is 2.18 bits per heavy atom. The fourth-order valence-electron chi connectivity index (χ4n) is 1.92. The second-order valence-corrected chi connectivity index (χ2v) is 3.63. The van der Waals surface area contributed by atoms with Crippen molar-refractivity contribution in [3.63, 3.8) is 0 Å². The Balaban J connectivity index is 2.13. The molecular formula is C7H12F2N2. The number of nitrogens with one attached hydrogen (secondary N) is 1. The molecule has 0 radical (unpaired) electrons. The monoisotopic (exact) mass is 162 g/mol. The molecule has 0 aromatic carbocycles. The highest BCUT2D eigenvalue weighted by Crippen LogP contribution is 2.42. The number of rotatable bonds is 0. The fraction of sp³-hybridized carbons (Fsp3) is 1.00. The van der Waals surface area contributed by atoms with E-state index in [-0.39, 0.29) is 6.54 Å². The van der Waals surface area contributed by atoms with E-state index in [2.05, 4.69) is 5.32 Å². The van der Waals surface area contributed by atoms with Crippen LogP contribution in [-0.2, 0) is 0 Å². The van der Waals surface area contributed by atoms with E-state index in [0.29, 0.717) is 13.0 Å². The average Bonchev–Trinajstić information content (AvgIpc) is 2.32. The van der Waals surface area contributed by atoms with Gasteiger partial charge in [-0.1, -0.05) is 0 Å². The molecule has 64 valence electrons. The van der Waals surface area contributed by atoms with Crippen molar-refractivity contribution < 1.29 is 8.78 Å². The molecule has 2 fully saturated rings. The Hall–Kier alpha value is -0.220. The molecule has 0 bridgehead atoms. The molecule has 1 N–H and O–H groups in total. The van der Waals surface area contributed by atoms with Gasteiger partial charge < -0.3 is 4.90 Å². The fourth-order valence-corrected chi connectivity index (χ4v) is 1.92. The van der Waals surface area contributed by atoms with Crippen LogP contribution in [0.25, 0.3) is 0 Å². The first-order valence-electron chi connectivity index (χ1n) is 3.87. The maximum absolute atomic E-state index is 13.0. The lowest BCUT2D eigenvalue weighted by molar-refractivity contribution is -0.148. The third-order valence-corrected chi connectivity index (χ3v) is 2.81. The van der Waals surface area contributed by atoms with Crippen molar-refractivity contribution in [2.24, 2.45) is 0 Å². The van der Waals surface area contributed by atoms with E-state index >= 15 is 0 Å². The highest BCUT2D eigenvalue weighted by atomic mass is 19.3. The first-order valence-corrected chi connectivity index (χ1v) is 3.87. The van der Waals surface area contributed by atoms with Gasteiger partial charge in [0.15, 0.2) is 0 Å². The minimum Gasteiger partial charge on any atom is -0.304 e. The van der Waals surface area contributed by atoms with Gasteiger partial charge >= 0.3 is 0 Å². The van der Waals surface area contributed by atoms with E-state index in [0.717, 1.165) is 6.54 Å². The van der Waals surface area contributed by atoms with Crippen LogP contribution in [0.1, 0.15) is 6.42 Å². The summed E-state index contributed by atoms with van der Waals surface area (Å²) in [5.41, 5.74) is -0.873. The smallest absolute Gasteiger partial charge is 0.279 e. The minimum absolute atomic E-state index is 0.138. The van der Waals surface area contributed by atoms with Crippen molar-refractivity contribution in [2.45, 2.75) is 17.9 Å². The zero-order valence-corrected chi connectivity index (χ0v) is 6.53. The highest BCUT2D eigenvalue weighted by molar-refractivity contribution is 5.14. The zero-order valence-electron chi connectivity index (χ0n) is 6.53. The van der Waals surface area contributed by atoms with Gasteiger partial charge in [-0.3, -0.25) is 5.32 Å². The summed E-state index contributed by atoms with van der Waals surface area (Å²) in [6.07, 6.45) is 0.580. The van der Waals surface area contributed by atoms with Crippen LogP contribution < -0.4 is 5.32 Å². The van der Waals surface area contributed by atoms with Crippen LogP contribution in [0.3, 0.4) is 0 Å². The van der Waals surface area contributed by atoms with Gasteiger partial charge in [-0.25, -0.2) is 8.78 Å². The van der Waals surface area contributed by atoms with Crippen molar-refractivity contribution in [3.8, 4) is 0 Å². The van der Waals surface area contributed by atoms with Crippen LogP contribution in [0.4, 0.5) is 8.78 Å². The Kier molecular flexibility index (Phi) is 1.30. The van der Waals surface area contributed by atoms with E-state index in [1.165, 1.54) is 0 Å². The van der Waals surface area contributed by atoms with Gasteiger partial charge in [0.2, 0.25) is 0 Å². The predicted molar refractivity (Wildman–Crippen MR) is 37.8 cm³/mol. The van der Waals surface area contributed by atoms with Gasteiger partial charge in [0.1, 0.15) is 0 Å². The summed E-state index contributed by atoms with van der Waals surface area (Å²) in [4.78, 5) is 1.94. The predicted octanol–water partition coefficient (Wildman–Crippen LogP) is 0.299. The topological polar surface area (TPSA) is 15.3 Å². The van der Waals surface area contributed by atoms with Gasteiger partial charge in [-0.15, -0.1) is 0 Å². The van der Waals surface area contributed by atoms with Crippen LogP contribution in [0.15, 0.2) is 0 Å². The lowest BCUT2D eigenvalue weighted by Gasteiger charge is -2.47. The Morgan fingerprint density at radius 1 is 1.45 bits per heavy atom. The maximum atomic E-state index is 13.0. The molecule has 2 aliphatic heterocycles. The largest absolute Gasteiger partial charge is 0.304 e. The van der Waals surface area contributed by atoms with E-state index in [1.54, 1.807) is 0 Å². The van der Waals surface area contributed by atoms with Crippen molar-refractivity contribution in [2.75, 3.05) is 26.7 Å². The number of nitrogens with zero attached hydrogens (tertiary/aromatic N) is 1. The quantitative estimate of drug-likeness (QED) is 0.551. The Morgan fingerprint density at radius 3 is 2.36 bits per heavy atom. The number of halogens is 2. The molecule has 2 heterocycles. The number of likely N-dealkylation sites (N-methyl/N-ethyl adjacent to an activating group) is 1. The Labute approximate surface area is 64.6 Å². The average molecular weight is 162 g/mol. The summed E-state index contributed by atoms with van der Waals surface area (Å²) >= 11 is 0. The molecule has 1 unspecified atom stereocenters. The molecule has 2 nitrogen and oxygen atoms in total. The van der Waals surface area contributed by atoms with E-state index in [9.17, 15) is 8.78 Å². The molecular weight excluding hydrogens is 150 g/mol. The summed E-state index contributed by atoms with van der Waals surface area (Å²) in [6.45, 7) is 1.13. The normalized spacial score (nSPS) is 42.8. The number of likely N-dealkylation sites (tertiary alicyclic amines) is 1. The summed E-state index contributed by atoms with van der Waals surface area (Å²) in [7, 11) is 1.88. The SMILES string of the molecule is CN1CCC2(C1)NCC2(F)F. The van der Waals surface area contributed by atoms with E-state index < -0.39 is 11.5 Å². The highest BCUT2D eigenvalue weighted by Gasteiger charge is 2.63. The lowest BCUT2D eigenvalue weighted by atomic mass is 9.83. The van der Waals surface area contributed by atoms with Crippen molar-refractivity contribution in [1.29, 1.82) is 0 Å². The molecule has 0 aliphatic carbocycles. The van der Waals surface area contributed by atoms with Crippen molar-refractivity contribution in [1.82, 2.24) is 10.2 Å². The second kappa shape index (κ2) is 1.93. The Bertz CT molecular complexity index is 183. The summed E-state index contributed by atoms with van der Waals surface area (Å²) < 4.78 is 26.0.